The van der Waals surface area contributed by atoms with Gasteiger partial charge in [0.1, 0.15) is 6.04 Å². The van der Waals surface area contributed by atoms with Crippen LogP contribution in [0.5, 0.6) is 0 Å². The maximum absolute atomic E-state index is 12.2. The van der Waals surface area contributed by atoms with E-state index in [4.69, 9.17) is 0 Å². The van der Waals surface area contributed by atoms with Gasteiger partial charge in [0.25, 0.3) is 5.91 Å². The van der Waals surface area contributed by atoms with Gasteiger partial charge in [-0.1, -0.05) is 37.3 Å². The first-order chi connectivity index (χ1) is 10.2. The lowest BCUT2D eigenvalue weighted by Gasteiger charge is -2.17. The van der Waals surface area contributed by atoms with Gasteiger partial charge in [-0.05, 0) is 12.0 Å². The Kier molecular flexibility index (Phi) is 4.94. The van der Waals surface area contributed by atoms with Crippen LogP contribution in [0.1, 0.15) is 18.9 Å². The number of carbonyl (C=O) groups is 2. The third kappa shape index (κ3) is 3.41. The van der Waals surface area contributed by atoms with E-state index < -0.39 is 11.9 Å². The molecule has 0 aliphatic carbocycles. The fraction of sp³-hybridized carbons (Fsp3) is 0.333. The Morgan fingerprint density at radius 3 is 2.76 bits per heavy atom. The van der Waals surface area contributed by atoms with Crippen molar-refractivity contribution in [2.45, 2.75) is 25.9 Å². The Labute approximate surface area is 123 Å². The van der Waals surface area contributed by atoms with Crippen LogP contribution in [-0.2, 0) is 16.1 Å². The molecular weight excluding hydrogens is 270 g/mol. The summed E-state index contributed by atoms with van der Waals surface area (Å²) in [6.07, 6.45) is 1.51. The Morgan fingerprint density at radius 2 is 2.14 bits per heavy atom. The van der Waals surface area contributed by atoms with Gasteiger partial charge in [0.05, 0.1) is 18.4 Å². The molecule has 0 aromatic heterocycles. The molecule has 6 nitrogen and oxygen atoms in total. The van der Waals surface area contributed by atoms with Gasteiger partial charge in [0, 0.05) is 6.54 Å². The zero-order valence-corrected chi connectivity index (χ0v) is 11.9. The number of nitrogens with one attached hydrogen (secondary N) is 2. The number of rotatable bonds is 5. The van der Waals surface area contributed by atoms with Crippen molar-refractivity contribution in [3.05, 3.63) is 47.7 Å². The Balaban J connectivity index is 2.09. The molecule has 2 amide bonds. The highest BCUT2D eigenvalue weighted by molar-refractivity contribution is 6.04. The fourth-order valence-electron chi connectivity index (χ4n) is 2.13. The second kappa shape index (κ2) is 6.90. The van der Waals surface area contributed by atoms with Crippen molar-refractivity contribution in [2.24, 2.45) is 0 Å². The van der Waals surface area contributed by atoms with Gasteiger partial charge in [-0.25, -0.2) is 5.43 Å². The topological polar surface area (TPSA) is 81.7 Å². The lowest BCUT2D eigenvalue weighted by atomic mass is 10.1. The minimum absolute atomic E-state index is 0.0551. The summed E-state index contributed by atoms with van der Waals surface area (Å²) < 4.78 is 0. The molecule has 1 aromatic rings. The van der Waals surface area contributed by atoms with Gasteiger partial charge >= 0.3 is 0 Å². The van der Waals surface area contributed by atoms with Gasteiger partial charge in [-0.2, -0.15) is 0 Å². The molecule has 6 heteroatoms. The third-order valence-electron chi connectivity index (χ3n) is 3.22. The molecule has 0 bridgehead atoms. The first-order valence-corrected chi connectivity index (χ1v) is 6.91. The molecule has 1 aliphatic heterocycles. The molecule has 1 unspecified atom stereocenters. The van der Waals surface area contributed by atoms with Crippen LogP contribution in [0.3, 0.4) is 0 Å². The number of carbonyl (C=O) groups excluding carboxylic acids is 2. The number of hydrogen-bond donors (Lipinski definition) is 3. The minimum atomic E-state index is -0.849. The van der Waals surface area contributed by atoms with Crippen molar-refractivity contribution in [3.63, 3.8) is 0 Å². The number of amides is 2. The van der Waals surface area contributed by atoms with E-state index in [1.807, 2.05) is 37.3 Å². The highest BCUT2D eigenvalue weighted by atomic mass is 16.2. The molecule has 0 radical (unpaired) electrons. The Hall–Kier alpha value is -2.34. The van der Waals surface area contributed by atoms with Crippen LogP contribution in [-0.4, -0.2) is 34.5 Å². The van der Waals surface area contributed by atoms with Crippen LogP contribution >= 0.6 is 0 Å². The normalized spacial score (nSPS) is 20.0. The zero-order valence-electron chi connectivity index (χ0n) is 11.9. The largest absolute Gasteiger partial charge is 0.515 e. The Morgan fingerprint density at radius 1 is 1.43 bits per heavy atom. The van der Waals surface area contributed by atoms with Crippen LogP contribution in [0.4, 0.5) is 0 Å². The summed E-state index contributed by atoms with van der Waals surface area (Å²) in [6.45, 7) is 2.80. The van der Waals surface area contributed by atoms with E-state index in [-0.39, 0.29) is 11.5 Å². The SMILES string of the molecule is CCCNC(=O)C1NN(Cc2ccccc2)C(=O)/C1=C\O. The maximum atomic E-state index is 12.2. The molecule has 1 heterocycles. The molecule has 1 aliphatic rings. The summed E-state index contributed by atoms with van der Waals surface area (Å²) in [5, 5.41) is 13.3. The molecule has 3 N–H and O–H groups in total. The maximum Gasteiger partial charge on any atom is 0.269 e. The monoisotopic (exact) mass is 289 g/mol. The van der Waals surface area contributed by atoms with Gasteiger partial charge < -0.3 is 10.4 Å². The molecule has 1 fully saturated rings. The lowest BCUT2D eigenvalue weighted by molar-refractivity contribution is -0.127. The van der Waals surface area contributed by atoms with Crippen molar-refractivity contribution in [1.82, 2.24) is 15.8 Å². The van der Waals surface area contributed by atoms with Crippen LogP contribution in [0.2, 0.25) is 0 Å². The molecule has 1 atom stereocenters. The first kappa shape index (κ1) is 15.1. The number of nitrogens with zero attached hydrogens (tertiary/aromatic N) is 1. The van der Waals surface area contributed by atoms with E-state index in [1.165, 1.54) is 5.01 Å². The molecule has 0 saturated carbocycles. The van der Waals surface area contributed by atoms with Crippen molar-refractivity contribution in [2.75, 3.05) is 6.54 Å². The summed E-state index contributed by atoms with van der Waals surface area (Å²) in [7, 11) is 0. The number of aliphatic hydroxyl groups excluding tert-OH is 1. The van der Waals surface area contributed by atoms with E-state index >= 15 is 0 Å². The summed E-state index contributed by atoms with van der Waals surface area (Å²) in [4.78, 5) is 24.2. The highest BCUT2D eigenvalue weighted by Gasteiger charge is 2.39. The predicted octanol–water partition coefficient (Wildman–Crippen LogP) is 0.870. The van der Waals surface area contributed by atoms with Crippen molar-refractivity contribution in [1.29, 1.82) is 0 Å². The highest BCUT2D eigenvalue weighted by Crippen LogP contribution is 2.17. The van der Waals surface area contributed by atoms with Crippen LogP contribution in [0, 0.1) is 0 Å². The van der Waals surface area contributed by atoms with E-state index in [9.17, 15) is 14.7 Å². The second-order valence-electron chi connectivity index (χ2n) is 4.81. The van der Waals surface area contributed by atoms with Crippen LogP contribution in [0.15, 0.2) is 42.2 Å². The summed E-state index contributed by atoms with van der Waals surface area (Å²) >= 11 is 0. The van der Waals surface area contributed by atoms with Gasteiger partial charge in [-0.3, -0.25) is 14.6 Å². The molecule has 21 heavy (non-hydrogen) atoms. The van der Waals surface area contributed by atoms with Crippen LogP contribution < -0.4 is 10.7 Å². The fourth-order valence-corrected chi connectivity index (χ4v) is 2.13. The molecule has 1 saturated heterocycles. The lowest BCUT2D eigenvalue weighted by Crippen LogP contribution is -2.45. The quantitative estimate of drug-likeness (QED) is 0.555. The van der Waals surface area contributed by atoms with Gasteiger partial charge in [0.2, 0.25) is 5.91 Å². The van der Waals surface area contributed by atoms with Crippen LogP contribution in [0.25, 0.3) is 0 Å². The number of benzene rings is 1. The predicted molar refractivity (Wildman–Crippen MR) is 77.9 cm³/mol. The Bertz CT molecular complexity index is 542. The number of hydrazine groups is 1. The molecule has 2 rings (SSSR count). The molecule has 0 spiro atoms. The zero-order chi connectivity index (χ0) is 15.2. The molecular formula is C15H19N3O3. The minimum Gasteiger partial charge on any atom is -0.515 e. The third-order valence-corrected chi connectivity index (χ3v) is 3.22. The average molecular weight is 289 g/mol. The van der Waals surface area contributed by atoms with Gasteiger partial charge in [-0.15, -0.1) is 0 Å². The van der Waals surface area contributed by atoms with E-state index in [2.05, 4.69) is 10.7 Å². The van der Waals surface area contributed by atoms with Crippen molar-refractivity contribution in [3.8, 4) is 0 Å². The number of hydrogen-bond acceptors (Lipinski definition) is 4. The summed E-state index contributed by atoms with van der Waals surface area (Å²) in [5.74, 6) is -0.709. The first-order valence-electron chi connectivity index (χ1n) is 6.91. The van der Waals surface area contributed by atoms with E-state index in [0.717, 1.165) is 12.0 Å². The summed E-state index contributed by atoms with van der Waals surface area (Å²) in [6, 6.07) is 8.58. The van der Waals surface area contributed by atoms with Crippen molar-refractivity contribution >= 4 is 11.8 Å². The molecule has 1 aromatic carbocycles. The smallest absolute Gasteiger partial charge is 0.269 e. The standard InChI is InChI=1S/C15H19N3O3/c1-2-8-16-14(20)13-12(10-19)15(21)18(17-13)9-11-6-4-3-5-7-11/h3-7,10,13,17,19H,2,8-9H2,1H3,(H,16,20)/b12-10-. The number of aliphatic hydroxyl groups is 1. The molecule has 112 valence electrons. The van der Waals surface area contributed by atoms with Crippen molar-refractivity contribution < 1.29 is 14.7 Å². The average Bonchev–Trinajstić information content (AvgIpc) is 2.82. The van der Waals surface area contributed by atoms with E-state index in [0.29, 0.717) is 19.4 Å². The van der Waals surface area contributed by atoms with Gasteiger partial charge in [0.15, 0.2) is 0 Å². The van der Waals surface area contributed by atoms with E-state index in [1.54, 1.807) is 0 Å². The summed E-state index contributed by atoms with van der Waals surface area (Å²) in [5.41, 5.74) is 3.83. The second-order valence-corrected chi connectivity index (χ2v) is 4.81.